The van der Waals surface area contributed by atoms with Crippen LogP contribution in [0.1, 0.15) is 43.7 Å². The minimum atomic E-state index is 0.644. The molecule has 1 unspecified atom stereocenters. The molecule has 0 bridgehead atoms. The molecule has 0 heterocycles. The second kappa shape index (κ2) is 7.05. The molecule has 0 aliphatic heterocycles. The summed E-state index contributed by atoms with van der Waals surface area (Å²) in [6.45, 7) is 4.41. The average Bonchev–Trinajstić information content (AvgIpc) is 2.18. The SMILES string of the molecule is CCCCCC(Br)Cc1cccc(C)c1. The van der Waals surface area contributed by atoms with Crippen LogP contribution in [0.4, 0.5) is 0 Å². The van der Waals surface area contributed by atoms with E-state index in [2.05, 4.69) is 54.0 Å². The molecular formula is C14H21Br. The summed E-state index contributed by atoms with van der Waals surface area (Å²) in [6.07, 6.45) is 6.46. The van der Waals surface area contributed by atoms with Gasteiger partial charge in [0.1, 0.15) is 0 Å². The van der Waals surface area contributed by atoms with E-state index in [1.807, 2.05) is 0 Å². The minimum Gasteiger partial charge on any atom is -0.0887 e. The molecule has 1 rings (SSSR count). The molecule has 0 aliphatic carbocycles. The molecule has 1 aromatic carbocycles. The quantitative estimate of drug-likeness (QED) is 0.510. The number of unbranched alkanes of at least 4 members (excludes halogenated alkanes) is 2. The van der Waals surface area contributed by atoms with Crippen molar-refractivity contribution in [3.8, 4) is 0 Å². The monoisotopic (exact) mass is 268 g/mol. The van der Waals surface area contributed by atoms with Gasteiger partial charge in [-0.3, -0.25) is 0 Å². The molecule has 1 atom stereocenters. The maximum absolute atomic E-state index is 3.77. The highest BCUT2D eigenvalue weighted by atomic mass is 79.9. The number of alkyl halides is 1. The first kappa shape index (κ1) is 12.8. The van der Waals surface area contributed by atoms with Crippen LogP contribution in [0.15, 0.2) is 24.3 Å². The lowest BCUT2D eigenvalue weighted by Crippen LogP contribution is -2.02. The number of hydrogen-bond acceptors (Lipinski definition) is 0. The number of aryl methyl sites for hydroxylation is 1. The minimum absolute atomic E-state index is 0.644. The second-order valence-electron chi connectivity index (χ2n) is 4.29. The molecule has 0 fully saturated rings. The Morgan fingerprint density at radius 3 is 2.73 bits per heavy atom. The molecule has 0 N–H and O–H groups in total. The van der Waals surface area contributed by atoms with Crippen LogP contribution in [-0.4, -0.2) is 4.83 Å². The highest BCUT2D eigenvalue weighted by molar-refractivity contribution is 9.09. The van der Waals surface area contributed by atoms with Gasteiger partial charge < -0.3 is 0 Å². The van der Waals surface area contributed by atoms with Crippen molar-refractivity contribution < 1.29 is 0 Å². The van der Waals surface area contributed by atoms with Crippen molar-refractivity contribution in [3.63, 3.8) is 0 Å². The zero-order valence-corrected chi connectivity index (χ0v) is 11.4. The van der Waals surface area contributed by atoms with Crippen molar-refractivity contribution in [3.05, 3.63) is 35.4 Å². The van der Waals surface area contributed by atoms with Gasteiger partial charge in [-0.05, 0) is 25.3 Å². The Morgan fingerprint density at radius 2 is 2.07 bits per heavy atom. The van der Waals surface area contributed by atoms with Gasteiger partial charge in [0.05, 0.1) is 0 Å². The van der Waals surface area contributed by atoms with E-state index >= 15 is 0 Å². The van der Waals surface area contributed by atoms with E-state index in [0.717, 1.165) is 6.42 Å². The Labute approximate surface area is 102 Å². The summed E-state index contributed by atoms with van der Waals surface area (Å²) in [5, 5.41) is 0. The molecule has 1 heteroatoms. The molecule has 0 saturated carbocycles. The van der Waals surface area contributed by atoms with Crippen LogP contribution in [0.2, 0.25) is 0 Å². The molecule has 0 aromatic heterocycles. The van der Waals surface area contributed by atoms with Gasteiger partial charge in [-0.1, -0.05) is 71.9 Å². The molecule has 0 radical (unpaired) electrons. The first-order valence-corrected chi connectivity index (χ1v) is 6.83. The van der Waals surface area contributed by atoms with Crippen LogP contribution in [0.25, 0.3) is 0 Å². The van der Waals surface area contributed by atoms with Gasteiger partial charge in [0, 0.05) is 4.83 Å². The summed E-state index contributed by atoms with van der Waals surface area (Å²) in [5.74, 6) is 0. The highest BCUT2D eigenvalue weighted by Gasteiger charge is 2.04. The Bertz CT molecular complexity index is 280. The molecule has 84 valence electrons. The summed E-state index contributed by atoms with van der Waals surface area (Å²) in [5.41, 5.74) is 2.81. The average molecular weight is 269 g/mol. The number of hydrogen-bond donors (Lipinski definition) is 0. The third kappa shape index (κ3) is 5.36. The van der Waals surface area contributed by atoms with E-state index < -0.39 is 0 Å². The van der Waals surface area contributed by atoms with Crippen molar-refractivity contribution in [1.29, 1.82) is 0 Å². The summed E-state index contributed by atoms with van der Waals surface area (Å²) in [6, 6.07) is 8.81. The first-order chi connectivity index (χ1) is 7.22. The van der Waals surface area contributed by atoms with E-state index in [-0.39, 0.29) is 0 Å². The lowest BCUT2D eigenvalue weighted by molar-refractivity contribution is 0.648. The lowest BCUT2D eigenvalue weighted by Gasteiger charge is -2.09. The molecular weight excluding hydrogens is 248 g/mol. The third-order valence-corrected chi connectivity index (χ3v) is 3.44. The fourth-order valence-electron chi connectivity index (χ4n) is 1.81. The molecule has 0 nitrogen and oxygen atoms in total. The highest BCUT2D eigenvalue weighted by Crippen LogP contribution is 2.17. The van der Waals surface area contributed by atoms with Gasteiger partial charge in [-0.2, -0.15) is 0 Å². The van der Waals surface area contributed by atoms with E-state index in [9.17, 15) is 0 Å². The fourth-order valence-corrected chi connectivity index (χ4v) is 2.51. The van der Waals surface area contributed by atoms with Gasteiger partial charge >= 0.3 is 0 Å². The maximum Gasteiger partial charge on any atom is 0.0186 e. The lowest BCUT2D eigenvalue weighted by atomic mass is 10.0. The largest absolute Gasteiger partial charge is 0.0887 e. The van der Waals surface area contributed by atoms with Crippen molar-refractivity contribution in [2.24, 2.45) is 0 Å². The van der Waals surface area contributed by atoms with E-state index in [1.165, 1.54) is 36.8 Å². The molecule has 0 spiro atoms. The van der Waals surface area contributed by atoms with Crippen molar-refractivity contribution >= 4 is 15.9 Å². The number of halogens is 1. The number of rotatable bonds is 6. The summed E-state index contributed by atoms with van der Waals surface area (Å²) in [4.78, 5) is 0.644. The van der Waals surface area contributed by atoms with Crippen LogP contribution < -0.4 is 0 Å². The molecule has 0 amide bonds. The predicted molar refractivity (Wildman–Crippen MR) is 71.7 cm³/mol. The zero-order valence-electron chi connectivity index (χ0n) is 9.80. The van der Waals surface area contributed by atoms with Crippen LogP contribution in [-0.2, 0) is 6.42 Å². The Hall–Kier alpha value is -0.300. The summed E-state index contributed by atoms with van der Waals surface area (Å²) >= 11 is 3.77. The maximum atomic E-state index is 3.77. The summed E-state index contributed by atoms with van der Waals surface area (Å²) < 4.78 is 0. The summed E-state index contributed by atoms with van der Waals surface area (Å²) in [7, 11) is 0. The Kier molecular flexibility index (Phi) is 6.00. The van der Waals surface area contributed by atoms with Crippen molar-refractivity contribution in [2.45, 2.75) is 50.8 Å². The van der Waals surface area contributed by atoms with Gasteiger partial charge in [-0.25, -0.2) is 0 Å². The van der Waals surface area contributed by atoms with Crippen LogP contribution in [0.3, 0.4) is 0 Å². The first-order valence-electron chi connectivity index (χ1n) is 5.92. The molecule has 15 heavy (non-hydrogen) atoms. The zero-order chi connectivity index (χ0) is 11.1. The van der Waals surface area contributed by atoms with Crippen LogP contribution in [0.5, 0.6) is 0 Å². The van der Waals surface area contributed by atoms with E-state index in [1.54, 1.807) is 0 Å². The van der Waals surface area contributed by atoms with Gasteiger partial charge in [0.2, 0.25) is 0 Å². The number of benzene rings is 1. The van der Waals surface area contributed by atoms with Gasteiger partial charge in [0.25, 0.3) is 0 Å². The van der Waals surface area contributed by atoms with Crippen molar-refractivity contribution in [2.75, 3.05) is 0 Å². The van der Waals surface area contributed by atoms with E-state index in [0.29, 0.717) is 4.83 Å². The Balaban J connectivity index is 2.34. The van der Waals surface area contributed by atoms with Crippen LogP contribution in [0, 0.1) is 6.92 Å². The Morgan fingerprint density at radius 1 is 1.27 bits per heavy atom. The van der Waals surface area contributed by atoms with Crippen LogP contribution >= 0.6 is 15.9 Å². The standard InChI is InChI=1S/C14H21Br/c1-3-4-5-9-14(15)11-13-8-6-7-12(2)10-13/h6-8,10,14H,3-5,9,11H2,1-2H3. The molecule has 1 aromatic rings. The second-order valence-corrected chi connectivity index (χ2v) is 5.58. The molecule has 0 saturated heterocycles. The predicted octanol–water partition coefficient (Wildman–Crippen LogP) is 4.88. The van der Waals surface area contributed by atoms with E-state index in [4.69, 9.17) is 0 Å². The van der Waals surface area contributed by atoms with Gasteiger partial charge in [0.15, 0.2) is 0 Å². The fraction of sp³-hybridized carbons (Fsp3) is 0.571. The smallest absolute Gasteiger partial charge is 0.0186 e. The topological polar surface area (TPSA) is 0 Å². The normalized spacial score (nSPS) is 12.7. The van der Waals surface area contributed by atoms with Crippen molar-refractivity contribution in [1.82, 2.24) is 0 Å². The molecule has 0 aliphatic rings. The third-order valence-electron chi connectivity index (χ3n) is 2.66. The van der Waals surface area contributed by atoms with Gasteiger partial charge in [-0.15, -0.1) is 0 Å².